The summed E-state index contributed by atoms with van der Waals surface area (Å²) < 4.78 is 27.9. The highest BCUT2D eigenvalue weighted by Crippen LogP contribution is 2.29. The summed E-state index contributed by atoms with van der Waals surface area (Å²) in [4.78, 5) is 12.0. The van der Waals surface area contributed by atoms with Crippen molar-refractivity contribution in [1.29, 1.82) is 0 Å². The fraction of sp³-hybridized carbons (Fsp3) is 0.188. The largest absolute Gasteiger partial charge is 0.340 e. The van der Waals surface area contributed by atoms with E-state index in [2.05, 4.69) is 0 Å². The van der Waals surface area contributed by atoms with Crippen LogP contribution in [0.4, 0.5) is 20.2 Å². The molecule has 0 spiro atoms. The predicted octanol–water partition coefficient (Wildman–Crippen LogP) is 4.11. The summed E-state index contributed by atoms with van der Waals surface area (Å²) in [6, 6.07) is 9.52. The number of benzene rings is 2. The smallest absolute Gasteiger partial charge is 0.150 e. The van der Waals surface area contributed by atoms with Crippen LogP contribution in [0.5, 0.6) is 0 Å². The van der Waals surface area contributed by atoms with Crippen LogP contribution in [0.15, 0.2) is 36.4 Å². The molecule has 0 atom stereocenters. The number of carbonyl (C=O) groups excluding carboxylic acids is 1. The molecule has 0 radical (unpaired) electrons. The molecule has 20 heavy (non-hydrogen) atoms. The first-order valence-electron chi connectivity index (χ1n) is 6.33. The van der Waals surface area contributed by atoms with Crippen molar-refractivity contribution in [1.82, 2.24) is 0 Å². The van der Waals surface area contributed by atoms with Crippen molar-refractivity contribution in [2.24, 2.45) is 0 Å². The molecule has 0 amide bonds. The van der Waals surface area contributed by atoms with E-state index in [1.165, 1.54) is 4.90 Å². The van der Waals surface area contributed by atoms with Gasteiger partial charge in [-0.1, -0.05) is 19.1 Å². The van der Waals surface area contributed by atoms with Gasteiger partial charge < -0.3 is 4.90 Å². The molecule has 0 saturated carbocycles. The van der Waals surface area contributed by atoms with E-state index in [4.69, 9.17) is 0 Å². The first-order valence-corrected chi connectivity index (χ1v) is 6.33. The summed E-state index contributed by atoms with van der Waals surface area (Å²) in [5.74, 6) is -1.51. The van der Waals surface area contributed by atoms with Crippen molar-refractivity contribution >= 4 is 17.7 Å². The molecular weight excluding hydrogens is 260 g/mol. The van der Waals surface area contributed by atoms with Gasteiger partial charge in [0.25, 0.3) is 0 Å². The Kier molecular flexibility index (Phi) is 4.13. The Labute approximate surface area is 116 Å². The maximum Gasteiger partial charge on any atom is 0.150 e. The van der Waals surface area contributed by atoms with Crippen molar-refractivity contribution in [3.05, 3.63) is 59.2 Å². The Hall–Kier alpha value is -2.23. The third-order valence-electron chi connectivity index (χ3n) is 3.24. The number of aryl methyl sites for hydroxylation is 1. The molecule has 0 N–H and O–H groups in total. The van der Waals surface area contributed by atoms with E-state index < -0.39 is 11.6 Å². The van der Waals surface area contributed by atoms with Gasteiger partial charge in [0, 0.05) is 18.3 Å². The minimum Gasteiger partial charge on any atom is -0.340 e. The van der Waals surface area contributed by atoms with Crippen molar-refractivity contribution in [2.45, 2.75) is 13.3 Å². The Balaban J connectivity index is 2.41. The third-order valence-corrected chi connectivity index (χ3v) is 3.24. The zero-order valence-corrected chi connectivity index (χ0v) is 11.4. The van der Waals surface area contributed by atoms with E-state index in [9.17, 15) is 13.6 Å². The molecule has 0 unspecified atom stereocenters. The van der Waals surface area contributed by atoms with Crippen molar-refractivity contribution in [2.75, 3.05) is 11.9 Å². The zero-order valence-electron chi connectivity index (χ0n) is 11.4. The molecule has 0 aromatic heterocycles. The van der Waals surface area contributed by atoms with Crippen LogP contribution in [0, 0.1) is 11.6 Å². The molecule has 0 heterocycles. The van der Waals surface area contributed by atoms with Gasteiger partial charge in [0.15, 0.2) is 11.6 Å². The lowest BCUT2D eigenvalue weighted by molar-refractivity contribution is 0.112. The molecule has 2 nitrogen and oxygen atoms in total. The number of hydrogen-bond donors (Lipinski definition) is 0. The normalized spacial score (nSPS) is 10.4. The number of rotatable bonds is 4. The van der Waals surface area contributed by atoms with Crippen LogP contribution in [0.2, 0.25) is 0 Å². The lowest BCUT2D eigenvalue weighted by Gasteiger charge is -2.21. The van der Waals surface area contributed by atoms with E-state index in [1.807, 2.05) is 31.2 Å². The molecular formula is C16H15F2NO. The number of hydrogen-bond acceptors (Lipinski definition) is 2. The molecule has 104 valence electrons. The van der Waals surface area contributed by atoms with Crippen LogP contribution < -0.4 is 4.90 Å². The fourth-order valence-electron chi connectivity index (χ4n) is 2.06. The van der Waals surface area contributed by atoms with Crippen LogP contribution >= 0.6 is 0 Å². The van der Waals surface area contributed by atoms with Gasteiger partial charge in [0.1, 0.15) is 12.0 Å². The average Bonchev–Trinajstić information content (AvgIpc) is 2.46. The summed E-state index contributed by atoms with van der Waals surface area (Å²) in [5, 5.41) is 0. The number of carbonyl (C=O) groups is 1. The van der Waals surface area contributed by atoms with Gasteiger partial charge in [-0.2, -0.15) is 0 Å². The van der Waals surface area contributed by atoms with Gasteiger partial charge in [-0.15, -0.1) is 0 Å². The van der Waals surface area contributed by atoms with E-state index in [0.717, 1.165) is 24.1 Å². The van der Waals surface area contributed by atoms with Crippen molar-refractivity contribution in [3.63, 3.8) is 0 Å². The van der Waals surface area contributed by atoms with E-state index in [-0.39, 0.29) is 11.3 Å². The highest BCUT2D eigenvalue weighted by molar-refractivity contribution is 5.77. The Bertz CT molecular complexity index is 600. The summed E-state index contributed by atoms with van der Waals surface area (Å²) in [7, 11) is 1.59. The second-order valence-corrected chi connectivity index (χ2v) is 4.53. The summed E-state index contributed by atoms with van der Waals surface area (Å²) in [6.45, 7) is 2.04. The first-order chi connectivity index (χ1) is 9.56. The third kappa shape index (κ3) is 2.69. The topological polar surface area (TPSA) is 20.3 Å². The second kappa shape index (κ2) is 5.82. The molecule has 0 bridgehead atoms. The average molecular weight is 275 g/mol. The van der Waals surface area contributed by atoms with Crippen LogP contribution in [-0.2, 0) is 6.42 Å². The molecule has 0 saturated heterocycles. The highest BCUT2D eigenvalue weighted by atomic mass is 19.1. The SMILES string of the molecule is CCc1ccc(N(C)c2c(F)cc(C=O)cc2F)cc1. The monoisotopic (exact) mass is 275 g/mol. The molecule has 2 aromatic carbocycles. The Morgan fingerprint density at radius 3 is 2.10 bits per heavy atom. The van der Waals surface area contributed by atoms with Gasteiger partial charge in [0.05, 0.1) is 0 Å². The quantitative estimate of drug-likeness (QED) is 0.783. The van der Waals surface area contributed by atoms with Crippen LogP contribution in [0.25, 0.3) is 0 Å². The summed E-state index contributed by atoms with van der Waals surface area (Å²) >= 11 is 0. The highest BCUT2D eigenvalue weighted by Gasteiger charge is 2.16. The van der Waals surface area contributed by atoms with E-state index in [0.29, 0.717) is 12.0 Å². The van der Waals surface area contributed by atoms with Crippen molar-refractivity contribution < 1.29 is 13.6 Å². The predicted molar refractivity (Wildman–Crippen MR) is 75.6 cm³/mol. The van der Waals surface area contributed by atoms with Crippen LogP contribution in [0.1, 0.15) is 22.8 Å². The summed E-state index contributed by atoms with van der Waals surface area (Å²) in [6.07, 6.45) is 1.33. The second-order valence-electron chi connectivity index (χ2n) is 4.53. The van der Waals surface area contributed by atoms with Crippen LogP contribution in [-0.4, -0.2) is 13.3 Å². The molecule has 0 aliphatic heterocycles. The number of aldehydes is 1. The molecule has 0 aliphatic rings. The zero-order chi connectivity index (χ0) is 14.7. The lowest BCUT2D eigenvalue weighted by atomic mass is 10.1. The molecule has 2 rings (SSSR count). The number of nitrogens with zero attached hydrogens (tertiary/aromatic N) is 1. The van der Waals surface area contributed by atoms with Crippen molar-refractivity contribution in [3.8, 4) is 0 Å². The molecule has 2 aromatic rings. The van der Waals surface area contributed by atoms with E-state index >= 15 is 0 Å². The maximum atomic E-state index is 13.9. The van der Waals surface area contributed by atoms with Gasteiger partial charge in [-0.25, -0.2) is 8.78 Å². The molecule has 0 aliphatic carbocycles. The number of anilines is 2. The number of halogens is 2. The van der Waals surface area contributed by atoms with Gasteiger partial charge in [0.2, 0.25) is 0 Å². The Morgan fingerprint density at radius 1 is 1.10 bits per heavy atom. The summed E-state index contributed by atoms with van der Waals surface area (Å²) in [5.41, 5.74) is 1.65. The van der Waals surface area contributed by atoms with Gasteiger partial charge in [-0.05, 0) is 36.2 Å². The maximum absolute atomic E-state index is 13.9. The van der Waals surface area contributed by atoms with Gasteiger partial charge >= 0.3 is 0 Å². The fourth-order valence-corrected chi connectivity index (χ4v) is 2.06. The minimum atomic E-state index is -0.755. The Morgan fingerprint density at radius 2 is 1.65 bits per heavy atom. The van der Waals surface area contributed by atoms with E-state index in [1.54, 1.807) is 7.05 Å². The molecule has 0 fully saturated rings. The van der Waals surface area contributed by atoms with Crippen LogP contribution in [0.3, 0.4) is 0 Å². The standard InChI is InChI=1S/C16H15F2NO/c1-3-11-4-6-13(7-5-11)19(2)16-14(17)8-12(10-20)9-15(16)18/h4-10H,3H2,1-2H3. The minimum absolute atomic E-state index is 0.0153. The lowest BCUT2D eigenvalue weighted by Crippen LogP contribution is -2.13. The van der Waals surface area contributed by atoms with Gasteiger partial charge in [-0.3, -0.25) is 4.79 Å². The first kappa shape index (κ1) is 14.2. The molecule has 4 heteroatoms.